The van der Waals surface area contributed by atoms with Crippen molar-refractivity contribution in [3.63, 3.8) is 0 Å². The van der Waals surface area contributed by atoms with Gasteiger partial charge in [-0.2, -0.15) is 5.10 Å². The minimum atomic E-state index is -0.581. The maximum absolute atomic E-state index is 13.6. The zero-order valence-electron chi connectivity index (χ0n) is 13.9. The molecule has 1 amide bonds. The lowest BCUT2D eigenvalue weighted by molar-refractivity contribution is 0.0951. The molecule has 0 aliphatic carbocycles. The lowest BCUT2D eigenvalue weighted by Crippen LogP contribution is -2.20. The quantitative estimate of drug-likeness (QED) is 0.575. The highest BCUT2D eigenvalue weighted by Gasteiger charge is 2.10. The van der Waals surface area contributed by atoms with Crippen LogP contribution in [0.5, 0.6) is 5.75 Å². The van der Waals surface area contributed by atoms with E-state index >= 15 is 0 Å². The lowest BCUT2D eigenvalue weighted by Gasteiger charge is -2.06. The first-order valence-electron chi connectivity index (χ1n) is 7.76. The van der Waals surface area contributed by atoms with E-state index in [0.717, 1.165) is 22.1 Å². The smallest absolute Gasteiger partial charge is 0.274 e. The SMILES string of the molecule is COc1ccc2cc(/C(C)=N\NC(=O)c3ccccc3F)ccc2c1. The topological polar surface area (TPSA) is 50.7 Å². The summed E-state index contributed by atoms with van der Waals surface area (Å²) in [5.41, 5.74) is 3.85. The number of ether oxygens (including phenoxy) is 1. The number of hydrogen-bond acceptors (Lipinski definition) is 3. The number of halogens is 1. The van der Waals surface area contributed by atoms with Crippen molar-refractivity contribution in [2.45, 2.75) is 6.92 Å². The standard InChI is InChI=1S/C20H17FN2O2/c1-13(22-23-20(24)18-5-3-4-6-19(18)21)14-7-8-16-12-17(25-2)10-9-15(16)11-14/h3-12H,1-2H3,(H,23,24)/b22-13-. The number of carbonyl (C=O) groups is 1. The molecule has 0 saturated heterocycles. The Morgan fingerprint density at radius 1 is 1.04 bits per heavy atom. The molecule has 0 aromatic heterocycles. The fourth-order valence-corrected chi connectivity index (χ4v) is 2.48. The number of nitrogens with one attached hydrogen (secondary N) is 1. The Balaban J connectivity index is 1.81. The van der Waals surface area contributed by atoms with E-state index in [9.17, 15) is 9.18 Å². The van der Waals surface area contributed by atoms with Crippen molar-refractivity contribution in [3.8, 4) is 5.75 Å². The van der Waals surface area contributed by atoms with E-state index in [0.29, 0.717) is 5.71 Å². The van der Waals surface area contributed by atoms with Crippen molar-refractivity contribution in [1.82, 2.24) is 5.43 Å². The molecule has 0 atom stereocenters. The molecule has 126 valence electrons. The number of nitrogens with zero attached hydrogens (tertiary/aromatic N) is 1. The lowest BCUT2D eigenvalue weighted by atomic mass is 10.0. The van der Waals surface area contributed by atoms with Gasteiger partial charge in [-0.3, -0.25) is 4.79 Å². The number of hydrogen-bond donors (Lipinski definition) is 1. The predicted octanol–water partition coefficient (Wildman–Crippen LogP) is 4.14. The van der Waals surface area contributed by atoms with E-state index in [1.165, 1.54) is 18.2 Å². The maximum atomic E-state index is 13.6. The summed E-state index contributed by atoms with van der Waals surface area (Å²) in [7, 11) is 1.63. The van der Waals surface area contributed by atoms with Crippen LogP contribution in [0.15, 0.2) is 65.8 Å². The number of amides is 1. The van der Waals surface area contributed by atoms with Crippen LogP contribution in [0.3, 0.4) is 0 Å². The van der Waals surface area contributed by atoms with Gasteiger partial charge < -0.3 is 4.74 Å². The molecule has 0 fully saturated rings. The van der Waals surface area contributed by atoms with Crippen LogP contribution in [0.2, 0.25) is 0 Å². The zero-order chi connectivity index (χ0) is 17.8. The molecule has 0 saturated carbocycles. The minimum absolute atomic E-state index is 0.0374. The van der Waals surface area contributed by atoms with Crippen LogP contribution in [0.25, 0.3) is 10.8 Å². The summed E-state index contributed by atoms with van der Waals surface area (Å²) >= 11 is 0. The molecular weight excluding hydrogens is 319 g/mol. The molecule has 3 aromatic rings. The molecule has 5 heteroatoms. The zero-order valence-corrected chi connectivity index (χ0v) is 13.9. The largest absolute Gasteiger partial charge is 0.497 e. The van der Waals surface area contributed by atoms with Crippen LogP contribution in [0.4, 0.5) is 4.39 Å². The number of fused-ring (bicyclic) bond motifs is 1. The van der Waals surface area contributed by atoms with Gasteiger partial charge in [-0.1, -0.05) is 30.3 Å². The van der Waals surface area contributed by atoms with Crippen LogP contribution in [-0.4, -0.2) is 18.7 Å². The van der Waals surface area contributed by atoms with E-state index < -0.39 is 11.7 Å². The Hall–Kier alpha value is -3.21. The first kappa shape index (κ1) is 16.6. The van der Waals surface area contributed by atoms with E-state index in [2.05, 4.69) is 10.5 Å². The number of carbonyl (C=O) groups excluding carboxylic acids is 1. The van der Waals surface area contributed by atoms with Gasteiger partial charge in [-0.05, 0) is 53.6 Å². The highest BCUT2D eigenvalue weighted by atomic mass is 19.1. The molecule has 0 aliphatic rings. The van der Waals surface area contributed by atoms with Crippen molar-refractivity contribution < 1.29 is 13.9 Å². The van der Waals surface area contributed by atoms with Crippen molar-refractivity contribution in [3.05, 3.63) is 77.6 Å². The Morgan fingerprint density at radius 3 is 2.52 bits per heavy atom. The average Bonchev–Trinajstić information content (AvgIpc) is 2.65. The fourth-order valence-electron chi connectivity index (χ4n) is 2.48. The molecule has 0 aliphatic heterocycles. The van der Waals surface area contributed by atoms with Gasteiger partial charge in [0.05, 0.1) is 18.4 Å². The first-order valence-corrected chi connectivity index (χ1v) is 7.76. The fraction of sp³-hybridized carbons (Fsp3) is 0.100. The third-order valence-electron chi connectivity index (χ3n) is 3.91. The second-order valence-electron chi connectivity index (χ2n) is 5.55. The van der Waals surface area contributed by atoms with Gasteiger partial charge in [-0.15, -0.1) is 0 Å². The molecule has 0 spiro atoms. The second kappa shape index (κ2) is 7.13. The van der Waals surface area contributed by atoms with Gasteiger partial charge in [0.25, 0.3) is 5.91 Å². The molecule has 3 aromatic carbocycles. The Bertz CT molecular complexity index is 967. The Labute approximate surface area is 144 Å². The summed E-state index contributed by atoms with van der Waals surface area (Å²) < 4.78 is 18.8. The van der Waals surface area contributed by atoms with Crippen molar-refractivity contribution in [2.75, 3.05) is 7.11 Å². The van der Waals surface area contributed by atoms with Gasteiger partial charge >= 0.3 is 0 Å². The van der Waals surface area contributed by atoms with Crippen molar-refractivity contribution in [2.24, 2.45) is 5.10 Å². The summed E-state index contributed by atoms with van der Waals surface area (Å²) in [4.78, 5) is 12.0. The second-order valence-corrected chi connectivity index (χ2v) is 5.55. The number of hydrazone groups is 1. The molecule has 4 nitrogen and oxygen atoms in total. The van der Waals surface area contributed by atoms with Crippen LogP contribution >= 0.6 is 0 Å². The third-order valence-corrected chi connectivity index (χ3v) is 3.91. The van der Waals surface area contributed by atoms with E-state index in [4.69, 9.17) is 4.74 Å². The van der Waals surface area contributed by atoms with Gasteiger partial charge in [0, 0.05) is 0 Å². The van der Waals surface area contributed by atoms with Crippen LogP contribution < -0.4 is 10.2 Å². The third kappa shape index (κ3) is 3.66. The Morgan fingerprint density at radius 2 is 1.76 bits per heavy atom. The highest BCUT2D eigenvalue weighted by Crippen LogP contribution is 2.22. The first-order chi connectivity index (χ1) is 12.1. The van der Waals surface area contributed by atoms with E-state index in [1.807, 2.05) is 36.4 Å². The summed E-state index contributed by atoms with van der Waals surface area (Å²) in [6, 6.07) is 17.4. The van der Waals surface area contributed by atoms with Crippen LogP contribution in [-0.2, 0) is 0 Å². The number of methoxy groups -OCH3 is 1. The molecule has 0 bridgehead atoms. The monoisotopic (exact) mass is 336 g/mol. The van der Waals surface area contributed by atoms with Crippen LogP contribution in [0.1, 0.15) is 22.8 Å². The minimum Gasteiger partial charge on any atom is -0.497 e. The summed E-state index contributed by atoms with van der Waals surface area (Å²) in [5, 5.41) is 6.16. The maximum Gasteiger partial charge on any atom is 0.274 e. The van der Waals surface area contributed by atoms with Gasteiger partial charge in [0.1, 0.15) is 11.6 Å². The summed E-state index contributed by atoms with van der Waals surface area (Å²) in [6.07, 6.45) is 0. The molecule has 3 rings (SSSR count). The van der Waals surface area contributed by atoms with Gasteiger partial charge in [0.2, 0.25) is 0 Å². The highest BCUT2D eigenvalue weighted by molar-refractivity contribution is 6.03. The van der Waals surface area contributed by atoms with Gasteiger partial charge in [-0.25, -0.2) is 9.82 Å². The van der Waals surface area contributed by atoms with E-state index in [-0.39, 0.29) is 5.56 Å². The number of rotatable bonds is 4. The normalized spacial score (nSPS) is 11.4. The summed E-state index contributed by atoms with van der Waals surface area (Å²) in [6.45, 7) is 1.78. The molecule has 25 heavy (non-hydrogen) atoms. The van der Waals surface area contributed by atoms with Crippen molar-refractivity contribution in [1.29, 1.82) is 0 Å². The average molecular weight is 336 g/mol. The van der Waals surface area contributed by atoms with Gasteiger partial charge in [0.15, 0.2) is 0 Å². The molecule has 0 unspecified atom stereocenters. The number of benzene rings is 3. The van der Waals surface area contributed by atoms with Crippen molar-refractivity contribution >= 4 is 22.4 Å². The molecule has 0 radical (unpaired) electrons. The van der Waals surface area contributed by atoms with E-state index in [1.54, 1.807) is 20.1 Å². The van der Waals surface area contributed by atoms with Crippen LogP contribution in [0, 0.1) is 5.82 Å². The molecule has 0 heterocycles. The molecular formula is C20H17FN2O2. The summed E-state index contributed by atoms with van der Waals surface area (Å²) in [5.74, 6) is -0.363. The predicted molar refractivity (Wildman–Crippen MR) is 96.6 cm³/mol. The Kier molecular flexibility index (Phi) is 4.75. The molecule has 1 N–H and O–H groups in total.